The Morgan fingerprint density at radius 1 is 1.10 bits per heavy atom. The lowest BCUT2D eigenvalue weighted by atomic mass is 9.95. The first-order chi connectivity index (χ1) is 9.50. The van der Waals surface area contributed by atoms with Crippen LogP contribution in [0.4, 0.5) is 0 Å². The fraction of sp³-hybridized carbons (Fsp3) is 0.188. The highest BCUT2D eigenvalue weighted by molar-refractivity contribution is 6.22. The van der Waals surface area contributed by atoms with Gasteiger partial charge in [-0.25, -0.2) is 0 Å². The minimum absolute atomic E-state index is 0.0627. The molecule has 0 fully saturated rings. The van der Waals surface area contributed by atoms with E-state index >= 15 is 0 Å². The SMILES string of the molecule is Cc1nc(C)c2c(c1CC(=O)O)-c1ccccc1C2=O. The third-order valence-corrected chi connectivity index (χ3v) is 3.68. The molecule has 1 heterocycles. The zero-order chi connectivity index (χ0) is 14.4. The Morgan fingerprint density at radius 2 is 1.75 bits per heavy atom. The molecule has 0 aliphatic heterocycles. The normalized spacial score (nSPS) is 12.2. The van der Waals surface area contributed by atoms with Gasteiger partial charge in [0.2, 0.25) is 0 Å². The number of carboxylic acid groups (broad SMARTS) is 1. The largest absolute Gasteiger partial charge is 0.481 e. The Morgan fingerprint density at radius 3 is 2.40 bits per heavy atom. The topological polar surface area (TPSA) is 67.3 Å². The van der Waals surface area contributed by atoms with Crippen molar-refractivity contribution in [2.75, 3.05) is 0 Å². The molecular formula is C16H13NO3. The number of nitrogens with zero attached hydrogens (tertiary/aromatic N) is 1. The van der Waals surface area contributed by atoms with E-state index in [1.165, 1.54) is 0 Å². The summed E-state index contributed by atoms with van der Waals surface area (Å²) in [6.07, 6.45) is -0.122. The molecule has 1 aliphatic rings. The summed E-state index contributed by atoms with van der Waals surface area (Å²) in [6.45, 7) is 3.58. The number of pyridine rings is 1. The Kier molecular flexibility index (Phi) is 2.67. The lowest BCUT2D eigenvalue weighted by Gasteiger charge is -2.12. The molecule has 1 aromatic heterocycles. The number of hydrogen-bond donors (Lipinski definition) is 1. The summed E-state index contributed by atoms with van der Waals surface area (Å²) in [7, 11) is 0. The Hall–Kier alpha value is -2.49. The van der Waals surface area contributed by atoms with Crippen molar-refractivity contribution in [2.45, 2.75) is 20.3 Å². The van der Waals surface area contributed by atoms with E-state index in [2.05, 4.69) is 4.98 Å². The predicted octanol–water partition coefficient (Wildman–Crippen LogP) is 2.54. The van der Waals surface area contributed by atoms with Crippen LogP contribution in [0.15, 0.2) is 24.3 Å². The molecule has 1 N–H and O–H groups in total. The van der Waals surface area contributed by atoms with Crippen LogP contribution in [0.25, 0.3) is 11.1 Å². The third-order valence-electron chi connectivity index (χ3n) is 3.68. The Balaban J connectivity index is 2.39. The first-order valence-corrected chi connectivity index (χ1v) is 6.36. The van der Waals surface area contributed by atoms with Crippen molar-refractivity contribution in [3.63, 3.8) is 0 Å². The van der Waals surface area contributed by atoms with E-state index in [0.717, 1.165) is 11.1 Å². The molecule has 0 saturated heterocycles. The predicted molar refractivity (Wildman–Crippen MR) is 73.9 cm³/mol. The van der Waals surface area contributed by atoms with Gasteiger partial charge < -0.3 is 5.11 Å². The summed E-state index contributed by atoms with van der Waals surface area (Å²) < 4.78 is 0. The van der Waals surface area contributed by atoms with Crippen LogP contribution in [0.5, 0.6) is 0 Å². The molecule has 0 saturated carbocycles. The van der Waals surface area contributed by atoms with Crippen molar-refractivity contribution in [1.29, 1.82) is 0 Å². The van der Waals surface area contributed by atoms with Gasteiger partial charge in [-0.3, -0.25) is 14.6 Å². The van der Waals surface area contributed by atoms with Crippen LogP contribution in [0.3, 0.4) is 0 Å². The molecule has 20 heavy (non-hydrogen) atoms. The van der Waals surface area contributed by atoms with E-state index in [1.54, 1.807) is 19.9 Å². The molecule has 0 radical (unpaired) electrons. The second-order valence-electron chi connectivity index (χ2n) is 4.96. The maximum absolute atomic E-state index is 12.5. The van der Waals surface area contributed by atoms with Gasteiger partial charge in [0.05, 0.1) is 12.0 Å². The Bertz CT molecular complexity index is 763. The van der Waals surface area contributed by atoms with E-state index in [0.29, 0.717) is 28.1 Å². The number of carbonyl (C=O) groups excluding carboxylic acids is 1. The third kappa shape index (κ3) is 1.65. The lowest BCUT2D eigenvalue weighted by Crippen LogP contribution is -2.09. The summed E-state index contributed by atoms with van der Waals surface area (Å²) >= 11 is 0. The quantitative estimate of drug-likeness (QED) is 0.774. The minimum atomic E-state index is -0.919. The molecule has 0 amide bonds. The first kappa shape index (κ1) is 12.5. The van der Waals surface area contributed by atoms with Gasteiger partial charge in [0.15, 0.2) is 5.78 Å². The second kappa shape index (κ2) is 4.27. The van der Waals surface area contributed by atoms with Crippen LogP contribution >= 0.6 is 0 Å². The zero-order valence-corrected chi connectivity index (χ0v) is 11.2. The van der Waals surface area contributed by atoms with Crippen LogP contribution in [0.1, 0.15) is 32.9 Å². The number of fused-ring (bicyclic) bond motifs is 3. The van der Waals surface area contributed by atoms with Gasteiger partial charge >= 0.3 is 5.97 Å². The van der Waals surface area contributed by atoms with Gasteiger partial charge in [-0.15, -0.1) is 0 Å². The smallest absolute Gasteiger partial charge is 0.307 e. The molecule has 3 rings (SSSR count). The second-order valence-corrected chi connectivity index (χ2v) is 4.96. The molecule has 0 spiro atoms. The number of aromatic nitrogens is 1. The highest BCUT2D eigenvalue weighted by atomic mass is 16.4. The summed E-state index contributed by atoms with van der Waals surface area (Å²) in [5, 5.41) is 9.09. The van der Waals surface area contributed by atoms with E-state index in [-0.39, 0.29) is 12.2 Å². The summed E-state index contributed by atoms with van der Waals surface area (Å²) in [5.74, 6) is -0.981. The average molecular weight is 267 g/mol. The highest BCUT2D eigenvalue weighted by Gasteiger charge is 2.32. The number of aryl methyl sites for hydroxylation is 2. The van der Waals surface area contributed by atoms with Crippen LogP contribution in [-0.4, -0.2) is 21.8 Å². The van der Waals surface area contributed by atoms with Crippen molar-refractivity contribution in [1.82, 2.24) is 4.98 Å². The molecule has 0 unspecified atom stereocenters. The van der Waals surface area contributed by atoms with E-state index in [9.17, 15) is 9.59 Å². The molecule has 0 atom stereocenters. The number of carboxylic acids is 1. The molecule has 0 bridgehead atoms. The van der Waals surface area contributed by atoms with Crippen LogP contribution in [-0.2, 0) is 11.2 Å². The molecule has 100 valence electrons. The Labute approximate surface area is 116 Å². The molecular weight excluding hydrogens is 254 g/mol. The molecule has 1 aromatic carbocycles. The van der Waals surface area contributed by atoms with Crippen LogP contribution in [0.2, 0.25) is 0 Å². The number of aliphatic carboxylic acids is 1. The highest BCUT2D eigenvalue weighted by Crippen LogP contribution is 2.40. The fourth-order valence-electron chi connectivity index (χ4n) is 2.86. The standard InChI is InChI=1S/C16H13NO3/c1-8-12(7-13(18)19)15-10-5-3-4-6-11(10)16(20)14(15)9(2)17-8/h3-6H,7H2,1-2H3,(H,18,19). The van der Waals surface area contributed by atoms with Crippen molar-refractivity contribution in [3.8, 4) is 11.1 Å². The van der Waals surface area contributed by atoms with Gasteiger partial charge in [-0.05, 0) is 25.0 Å². The monoisotopic (exact) mass is 267 g/mol. The zero-order valence-electron chi connectivity index (χ0n) is 11.2. The fourth-order valence-corrected chi connectivity index (χ4v) is 2.86. The van der Waals surface area contributed by atoms with E-state index in [1.807, 2.05) is 18.2 Å². The summed E-state index contributed by atoms with van der Waals surface area (Å²) in [5.41, 5.74) is 4.71. The van der Waals surface area contributed by atoms with Crippen LogP contribution in [0, 0.1) is 13.8 Å². The van der Waals surface area contributed by atoms with Crippen molar-refractivity contribution in [3.05, 3.63) is 52.3 Å². The number of rotatable bonds is 2. The summed E-state index contributed by atoms with van der Waals surface area (Å²) in [6, 6.07) is 7.31. The lowest BCUT2D eigenvalue weighted by molar-refractivity contribution is -0.136. The van der Waals surface area contributed by atoms with Gasteiger partial charge in [0, 0.05) is 22.5 Å². The minimum Gasteiger partial charge on any atom is -0.481 e. The van der Waals surface area contributed by atoms with Gasteiger partial charge in [0.25, 0.3) is 0 Å². The van der Waals surface area contributed by atoms with E-state index in [4.69, 9.17) is 5.11 Å². The first-order valence-electron chi connectivity index (χ1n) is 6.36. The summed E-state index contributed by atoms with van der Waals surface area (Å²) in [4.78, 5) is 27.9. The number of ketones is 1. The van der Waals surface area contributed by atoms with Gasteiger partial charge in [-0.2, -0.15) is 0 Å². The average Bonchev–Trinajstić information content (AvgIpc) is 2.69. The number of hydrogen-bond acceptors (Lipinski definition) is 3. The molecule has 1 aliphatic carbocycles. The molecule has 2 aromatic rings. The van der Waals surface area contributed by atoms with E-state index < -0.39 is 5.97 Å². The van der Waals surface area contributed by atoms with Crippen molar-refractivity contribution in [2.24, 2.45) is 0 Å². The van der Waals surface area contributed by atoms with Crippen molar-refractivity contribution >= 4 is 11.8 Å². The maximum atomic E-state index is 12.5. The van der Waals surface area contributed by atoms with Crippen molar-refractivity contribution < 1.29 is 14.7 Å². The number of benzene rings is 1. The molecule has 4 heteroatoms. The molecule has 4 nitrogen and oxygen atoms in total. The van der Waals surface area contributed by atoms with Gasteiger partial charge in [0.1, 0.15) is 0 Å². The van der Waals surface area contributed by atoms with Crippen LogP contribution < -0.4 is 0 Å². The maximum Gasteiger partial charge on any atom is 0.307 e. The van der Waals surface area contributed by atoms with Gasteiger partial charge in [-0.1, -0.05) is 24.3 Å². The number of carbonyl (C=O) groups is 2.